The zero-order valence-corrected chi connectivity index (χ0v) is 17.7. The summed E-state index contributed by atoms with van der Waals surface area (Å²) in [6.45, 7) is 19.3. The molecule has 134 valence electrons. The number of rotatable bonds is 14. The van der Waals surface area contributed by atoms with Gasteiger partial charge >= 0.3 is 17.3 Å². The maximum atomic E-state index is 6.22. The molecule has 0 saturated carbocycles. The van der Waals surface area contributed by atoms with Gasteiger partial charge in [-0.2, -0.15) is 0 Å². The summed E-state index contributed by atoms with van der Waals surface area (Å²) in [7, 11) is -4.53. The molecule has 0 aliphatic rings. The highest BCUT2D eigenvalue weighted by Crippen LogP contribution is 2.27. The van der Waals surface area contributed by atoms with Crippen molar-refractivity contribution < 1.29 is 17.7 Å². The summed E-state index contributed by atoms with van der Waals surface area (Å²) in [5.41, 5.74) is 0. The molecule has 0 heterocycles. The molecule has 5 nitrogen and oxygen atoms in total. The molecule has 0 fully saturated rings. The molecule has 0 atom stereocenters. The largest absolute Gasteiger partial charge is 0.427 e. The van der Waals surface area contributed by atoms with E-state index < -0.39 is 17.3 Å². The molecule has 0 amide bonds. The molecule has 0 spiro atoms. The van der Waals surface area contributed by atoms with Gasteiger partial charge in [-0.15, -0.1) is 0 Å². The van der Waals surface area contributed by atoms with Crippen LogP contribution in [0.25, 0.3) is 0 Å². The van der Waals surface area contributed by atoms with Crippen LogP contribution < -0.4 is 0 Å². The van der Waals surface area contributed by atoms with Gasteiger partial charge in [0.05, 0.1) is 0 Å². The van der Waals surface area contributed by atoms with Crippen LogP contribution in [-0.4, -0.2) is 61.4 Å². The lowest BCUT2D eigenvalue weighted by Crippen LogP contribution is -2.59. The summed E-state index contributed by atoms with van der Waals surface area (Å²) in [5, 5.41) is 0. The summed E-state index contributed by atoms with van der Waals surface area (Å²) < 4.78 is 26.8. The molecule has 0 unspecified atom stereocenters. The fourth-order valence-corrected chi connectivity index (χ4v) is 10.5. The van der Waals surface area contributed by atoms with Crippen molar-refractivity contribution in [2.24, 2.45) is 0 Å². The molecule has 0 aliphatic heterocycles. The first kappa shape index (κ1) is 22.2. The van der Waals surface area contributed by atoms with Crippen LogP contribution in [0.1, 0.15) is 41.5 Å². The second-order valence-corrected chi connectivity index (χ2v) is 11.7. The fourth-order valence-electron chi connectivity index (χ4n) is 2.86. The maximum Gasteiger partial charge on any atom is 0.427 e. The molecule has 0 N–H and O–H groups in total. The Balaban J connectivity index is 5.15. The fraction of sp³-hybridized carbons (Fsp3) is 1.00. The first-order valence-electron chi connectivity index (χ1n) is 8.78. The average molecular weight is 352 g/mol. The van der Waals surface area contributed by atoms with Gasteiger partial charge in [0.25, 0.3) is 0 Å². The highest BCUT2D eigenvalue weighted by atomic mass is 28.4. The minimum absolute atomic E-state index is 0.685. The Labute approximate surface area is 139 Å². The third-order valence-electron chi connectivity index (χ3n) is 3.78. The van der Waals surface area contributed by atoms with Crippen molar-refractivity contribution in [2.45, 2.75) is 60.2 Å². The van der Waals surface area contributed by atoms with Gasteiger partial charge in [0.15, 0.2) is 0 Å². The minimum atomic E-state index is -2.38. The summed E-state index contributed by atoms with van der Waals surface area (Å²) >= 11 is 0. The maximum absolute atomic E-state index is 6.22. The van der Waals surface area contributed by atoms with E-state index in [0.717, 1.165) is 25.2 Å². The van der Waals surface area contributed by atoms with E-state index in [1.54, 1.807) is 0 Å². The Morgan fingerprint density at radius 1 is 0.636 bits per heavy atom. The molecular weight excluding hydrogens is 314 g/mol. The number of nitrogens with zero attached hydrogens (tertiary/aromatic N) is 1. The van der Waals surface area contributed by atoms with Gasteiger partial charge in [-0.3, -0.25) is 4.57 Å². The summed E-state index contributed by atoms with van der Waals surface area (Å²) in [5.74, 6) is 0. The van der Waals surface area contributed by atoms with Crippen molar-refractivity contribution >= 4 is 17.3 Å². The van der Waals surface area contributed by atoms with Crippen LogP contribution in [0.5, 0.6) is 0 Å². The van der Waals surface area contributed by atoms with Crippen molar-refractivity contribution in [1.82, 2.24) is 4.57 Å². The van der Waals surface area contributed by atoms with Gasteiger partial charge in [0.1, 0.15) is 0 Å². The first-order chi connectivity index (χ1) is 10.5. The molecule has 22 heavy (non-hydrogen) atoms. The number of hydrogen-bond donors (Lipinski definition) is 0. The zero-order chi connectivity index (χ0) is 17.1. The predicted octanol–water partition coefficient (Wildman–Crippen LogP) is 3.49. The van der Waals surface area contributed by atoms with E-state index in [9.17, 15) is 0 Å². The molecule has 0 saturated heterocycles. The minimum Gasteiger partial charge on any atom is -0.395 e. The Morgan fingerprint density at radius 2 is 1.05 bits per heavy atom. The van der Waals surface area contributed by atoms with E-state index >= 15 is 0 Å². The molecule has 7 heteroatoms. The van der Waals surface area contributed by atoms with E-state index in [4.69, 9.17) is 17.7 Å². The Hall–Kier alpha value is 0.234. The van der Waals surface area contributed by atoms with Gasteiger partial charge in [-0.1, -0.05) is 13.8 Å². The van der Waals surface area contributed by atoms with Gasteiger partial charge in [-0.25, -0.2) is 0 Å². The Bertz CT molecular complexity index is 266. The molecule has 0 aromatic carbocycles. The van der Waals surface area contributed by atoms with E-state index in [1.807, 2.05) is 27.7 Å². The SMILES string of the molecule is CCO[Si](C)(CC[Si](OCC)(OCC)N(CC)CC)OCC. The molecule has 0 bridgehead atoms. The van der Waals surface area contributed by atoms with Crippen molar-refractivity contribution in [2.75, 3.05) is 39.5 Å². The molecule has 0 rings (SSSR count). The molecule has 0 aromatic heterocycles. The molecule has 0 radical (unpaired) electrons. The quantitative estimate of drug-likeness (QED) is 0.448. The van der Waals surface area contributed by atoms with Crippen LogP contribution in [-0.2, 0) is 17.7 Å². The Morgan fingerprint density at radius 3 is 1.36 bits per heavy atom. The van der Waals surface area contributed by atoms with Crippen LogP contribution in [0.15, 0.2) is 0 Å². The highest BCUT2D eigenvalue weighted by Gasteiger charge is 2.46. The van der Waals surface area contributed by atoms with Gasteiger partial charge in [0, 0.05) is 32.5 Å². The summed E-state index contributed by atoms with van der Waals surface area (Å²) in [4.78, 5) is 0. The molecule has 0 aliphatic carbocycles. The lowest BCUT2D eigenvalue weighted by molar-refractivity contribution is 0.122. The zero-order valence-electron chi connectivity index (χ0n) is 15.7. The third kappa shape index (κ3) is 6.78. The second-order valence-electron chi connectivity index (χ2n) is 5.25. The van der Waals surface area contributed by atoms with Crippen molar-refractivity contribution in [3.8, 4) is 0 Å². The summed E-state index contributed by atoms with van der Waals surface area (Å²) in [6.07, 6.45) is 0. The molecular formula is C15H37NO4Si2. The van der Waals surface area contributed by atoms with Crippen LogP contribution in [0.3, 0.4) is 0 Å². The topological polar surface area (TPSA) is 40.2 Å². The van der Waals surface area contributed by atoms with Gasteiger partial charge < -0.3 is 17.7 Å². The smallest absolute Gasteiger partial charge is 0.395 e. The normalized spacial score (nSPS) is 13.1. The van der Waals surface area contributed by atoms with Crippen molar-refractivity contribution in [3.05, 3.63) is 0 Å². The Kier molecular flexibility index (Phi) is 11.8. The van der Waals surface area contributed by atoms with Gasteiger partial charge in [-0.05, 0) is 53.4 Å². The standard InChI is InChI=1S/C15H37NO4Si2/c1-8-16(9-2)22(19-12-5,20-13-6)15-14-21(7,17-10-3)18-11-4/h8-15H2,1-7H3. The second kappa shape index (κ2) is 11.7. The van der Waals surface area contributed by atoms with Crippen LogP contribution >= 0.6 is 0 Å². The number of hydrogen-bond acceptors (Lipinski definition) is 5. The van der Waals surface area contributed by atoms with E-state index in [-0.39, 0.29) is 0 Å². The van der Waals surface area contributed by atoms with Crippen LogP contribution in [0.4, 0.5) is 0 Å². The van der Waals surface area contributed by atoms with Crippen LogP contribution in [0.2, 0.25) is 18.6 Å². The van der Waals surface area contributed by atoms with Crippen molar-refractivity contribution in [3.63, 3.8) is 0 Å². The van der Waals surface area contributed by atoms with Crippen molar-refractivity contribution in [1.29, 1.82) is 0 Å². The third-order valence-corrected chi connectivity index (χ3v) is 11.2. The predicted molar refractivity (Wildman–Crippen MR) is 96.4 cm³/mol. The molecule has 0 aromatic rings. The van der Waals surface area contributed by atoms with Crippen LogP contribution in [0, 0.1) is 0 Å². The van der Waals surface area contributed by atoms with E-state index in [0.29, 0.717) is 26.4 Å². The monoisotopic (exact) mass is 351 g/mol. The first-order valence-corrected chi connectivity index (χ1v) is 13.3. The van der Waals surface area contributed by atoms with E-state index in [1.165, 1.54) is 0 Å². The highest BCUT2D eigenvalue weighted by molar-refractivity contribution is 6.71. The van der Waals surface area contributed by atoms with E-state index in [2.05, 4.69) is 25.0 Å². The average Bonchev–Trinajstić information content (AvgIpc) is 2.47. The summed E-state index contributed by atoms with van der Waals surface area (Å²) in [6, 6.07) is 1.82. The van der Waals surface area contributed by atoms with Gasteiger partial charge in [0.2, 0.25) is 0 Å². The lowest BCUT2D eigenvalue weighted by atomic mass is 10.7. The lowest BCUT2D eigenvalue weighted by Gasteiger charge is -2.40.